The maximum absolute atomic E-state index is 12.5. The third kappa shape index (κ3) is 27.4. The molecule has 10 N–H and O–H groups in total. The second-order valence-corrected chi connectivity index (χ2v) is 19.6. The van der Waals surface area contributed by atoms with E-state index in [1.54, 1.807) is 0 Å². The first kappa shape index (κ1) is 80.7. The van der Waals surface area contributed by atoms with Gasteiger partial charge >= 0.3 is 188 Å². The van der Waals surface area contributed by atoms with E-state index in [1.165, 1.54) is 78.9 Å². The standard InChI is InChI=1S/C40H37N14O15S3.6Na.O3S/c41-70(63,64)26-13-9-23(10-14-26)44-36-49-35(51-39(52-36)47-28(33(59)60)18-31(55)56)43-22-6-2-20(3-7-22)1-4-21-5-8-25(17-30(21)72(67,68)69)46-38-50-37(45-24-11-15-27(16-12-24)71(42,65)66)53-40(54-38)48-29(34(61)62)19-32(57)58;;;;;;;1-4(2)3/h1-2,4-17,28-29H,18-19H2,(H,55,56)(H,57,58)(H,59,60)(H,61,62)(H2,41,63,64)(H2,42,65,66)(H,67,68,69)(H3,43,44,47,49,51,52)(H3,45,46,48,50,53,54);;;;;;;/q-1;6*+1;/p-5. The molecule has 2 aromatic heterocycles. The van der Waals surface area contributed by atoms with Gasteiger partial charge in [-0.1, -0.05) is 12.1 Å². The molecule has 0 amide bonds. The summed E-state index contributed by atoms with van der Waals surface area (Å²) < 4.78 is 110. The molecule has 0 aliphatic carbocycles. The molecule has 4 aromatic carbocycles. The van der Waals surface area contributed by atoms with Crippen molar-refractivity contribution in [3.05, 3.63) is 102 Å². The maximum atomic E-state index is 12.5. The first-order chi connectivity index (χ1) is 35.5. The first-order valence-corrected chi connectivity index (χ1v) is 25.8. The molecule has 0 spiro atoms. The van der Waals surface area contributed by atoms with E-state index in [0.717, 1.165) is 18.2 Å². The molecule has 6 aromatic rings. The third-order valence-electron chi connectivity index (χ3n) is 9.14. The van der Waals surface area contributed by atoms with Crippen LogP contribution in [-0.4, -0.2) is 108 Å². The van der Waals surface area contributed by atoms with Crippen molar-refractivity contribution >= 4 is 135 Å². The van der Waals surface area contributed by atoms with Gasteiger partial charge in [0.05, 0.1) is 38.7 Å². The summed E-state index contributed by atoms with van der Waals surface area (Å²) >= 11 is 0. The fraction of sp³-hybridized carbons (Fsp3) is 0.100. The summed E-state index contributed by atoms with van der Waals surface area (Å²) in [4.78, 5) is 69.0. The minimum atomic E-state index is -5.21. The normalized spacial score (nSPS) is 11.3. The van der Waals surface area contributed by atoms with Gasteiger partial charge in [-0.05, 0) is 71.9 Å². The molecular formula is C40H32N14Na6O18S4. The molecule has 0 bridgehead atoms. The van der Waals surface area contributed by atoms with Crippen LogP contribution >= 0.6 is 0 Å². The van der Waals surface area contributed by atoms with Crippen LogP contribution in [0.2, 0.25) is 0 Å². The van der Waals surface area contributed by atoms with Crippen LogP contribution in [0.3, 0.4) is 0 Å². The van der Waals surface area contributed by atoms with Gasteiger partial charge in [0.2, 0.25) is 55.7 Å². The molecule has 0 saturated carbocycles. The molecule has 0 fully saturated rings. The van der Waals surface area contributed by atoms with Gasteiger partial charge in [-0.25, -0.2) is 35.5 Å². The number of carbonyl (C=O) groups is 4. The molecule has 2 atom stereocenters. The number of rotatable bonds is 23. The Balaban J connectivity index is 0. The van der Waals surface area contributed by atoms with Crippen molar-refractivity contribution in [3.8, 4) is 0 Å². The molecular weight excluding hydrogens is 1230 g/mol. The zero-order chi connectivity index (χ0) is 56.1. The van der Waals surface area contributed by atoms with Crippen molar-refractivity contribution in [2.75, 3.05) is 31.9 Å². The smallest absolute Gasteiger partial charge is 0.744 e. The molecule has 2 unspecified atom stereocenters. The zero-order valence-corrected chi connectivity index (χ0v) is 58.9. The summed E-state index contributed by atoms with van der Waals surface area (Å²) in [5.74, 6) is -9.37. The van der Waals surface area contributed by atoms with E-state index in [9.17, 15) is 69.4 Å². The fourth-order valence-electron chi connectivity index (χ4n) is 5.87. The third-order valence-corrected chi connectivity index (χ3v) is 11.9. The Morgan fingerprint density at radius 1 is 0.512 bits per heavy atom. The Kier molecular flexibility index (Phi) is 36.0. The van der Waals surface area contributed by atoms with Gasteiger partial charge in [0, 0.05) is 41.8 Å². The minimum Gasteiger partial charge on any atom is -0.744 e. The van der Waals surface area contributed by atoms with E-state index in [0.29, 0.717) is 5.56 Å². The van der Waals surface area contributed by atoms with E-state index in [2.05, 4.69) is 67.9 Å². The van der Waals surface area contributed by atoms with Crippen molar-refractivity contribution in [2.45, 2.75) is 39.6 Å². The predicted molar refractivity (Wildman–Crippen MR) is 251 cm³/mol. The van der Waals surface area contributed by atoms with Gasteiger partial charge in [-0.3, -0.25) is 0 Å². The molecule has 32 nitrogen and oxygen atoms in total. The first-order valence-electron chi connectivity index (χ1n) is 20.3. The van der Waals surface area contributed by atoms with Crippen LogP contribution in [0.25, 0.3) is 12.2 Å². The zero-order valence-electron chi connectivity index (χ0n) is 43.6. The maximum Gasteiger partial charge on any atom is 1.00 e. The van der Waals surface area contributed by atoms with Gasteiger partial charge in [0.15, 0.2) is 0 Å². The monoisotopic (exact) mass is 1260 g/mol. The topological polar surface area (TPSA) is 539 Å². The van der Waals surface area contributed by atoms with Crippen molar-refractivity contribution in [3.63, 3.8) is 0 Å². The van der Waals surface area contributed by atoms with Crippen LogP contribution in [0.4, 0.5) is 58.4 Å². The molecule has 42 heteroatoms. The largest absolute Gasteiger partial charge is 1.00 e. The Labute approximate surface area is 599 Å². The average Bonchev–Trinajstić information content (AvgIpc) is 3.30. The van der Waals surface area contributed by atoms with E-state index in [1.807, 2.05) is 0 Å². The number of carboxylic acids is 4. The van der Waals surface area contributed by atoms with Gasteiger partial charge in [-0.2, -0.15) is 35.5 Å². The number of nitrogens with two attached hydrogens (primary N) is 2. The van der Waals surface area contributed by atoms with Gasteiger partial charge in [-0.15, -0.1) is 43.0 Å². The molecule has 0 saturated heterocycles. The van der Waals surface area contributed by atoms with Crippen molar-refractivity contribution < 1.29 is 259 Å². The van der Waals surface area contributed by atoms with Gasteiger partial charge in [0.25, 0.3) is 0 Å². The SMILES string of the molecule is NS(=O)(=O)c1ccc(Nc2nc(Nc3c[c-]c(C=Cc4ccc(Nc5nc(Nc6ccc(S(N)(=O)=O)cc6)nc(NC(CC(=O)[O-])C(=O)[O-])n5)cc4S(=O)(=O)[O-])cc3)nc(NC(CC(=O)[O-])C(=O)[O-])n2)cc1.O=S(=O)=O.[Na+].[Na+].[Na+].[Na+].[Na+].[Na+]. The van der Waals surface area contributed by atoms with Crippen molar-refractivity contribution in [1.82, 2.24) is 29.9 Å². The fourth-order valence-corrected chi connectivity index (χ4v) is 7.60. The molecule has 82 heavy (non-hydrogen) atoms. The molecule has 2 heterocycles. The van der Waals surface area contributed by atoms with Crippen molar-refractivity contribution in [1.29, 1.82) is 0 Å². The van der Waals surface area contributed by atoms with E-state index >= 15 is 0 Å². The average molecular weight is 1260 g/mol. The van der Waals surface area contributed by atoms with E-state index in [-0.39, 0.29) is 233 Å². The number of nitrogens with one attached hydrogen (secondary N) is 6. The Bertz CT molecular complexity index is 3700. The van der Waals surface area contributed by atoms with Crippen LogP contribution < -0.4 is 240 Å². The molecule has 400 valence electrons. The Morgan fingerprint density at radius 2 is 0.841 bits per heavy atom. The Hall–Kier alpha value is -3.33. The second-order valence-electron chi connectivity index (χ2n) is 14.7. The number of nitrogens with zero attached hydrogens (tertiary/aromatic N) is 6. The summed E-state index contributed by atoms with van der Waals surface area (Å²) in [6.45, 7) is 0. The predicted octanol–water partition coefficient (Wildman–Crippen LogP) is -22.4. The molecule has 0 aliphatic heterocycles. The minimum absolute atomic E-state index is 0. The number of aromatic nitrogens is 6. The number of anilines is 10. The number of primary sulfonamides is 2. The number of hydrogen-bond acceptors (Lipinski definition) is 30. The molecule has 0 aliphatic rings. The summed E-state index contributed by atoms with van der Waals surface area (Å²) in [6, 6.07) is 16.9. The number of benzene rings is 4. The number of carbonyl (C=O) groups excluding carboxylic acids is 4. The quantitative estimate of drug-likeness (QED) is 0.0128. The van der Waals surface area contributed by atoms with Crippen LogP contribution in [0, 0.1) is 6.07 Å². The van der Waals surface area contributed by atoms with Crippen LogP contribution in [0.1, 0.15) is 24.0 Å². The summed E-state index contributed by atoms with van der Waals surface area (Å²) in [5, 5.41) is 71.6. The van der Waals surface area contributed by atoms with Crippen molar-refractivity contribution in [2.24, 2.45) is 10.3 Å². The van der Waals surface area contributed by atoms with Crippen LogP contribution in [0.15, 0.2) is 99.6 Å². The summed E-state index contributed by atoms with van der Waals surface area (Å²) in [5.41, 5.74) is 0.820. The summed E-state index contributed by atoms with van der Waals surface area (Å²) in [7, 11) is -16.4. The number of carboxylic acid groups (broad SMARTS) is 4. The van der Waals surface area contributed by atoms with Gasteiger partial charge in [0.1, 0.15) is 10.1 Å². The molecule has 0 radical (unpaired) electrons. The molecule has 6 rings (SSSR count). The number of hydrogen-bond donors (Lipinski definition) is 8. The van der Waals surface area contributed by atoms with E-state index in [4.69, 9.17) is 22.9 Å². The number of sulfonamides is 2. The Morgan fingerprint density at radius 3 is 1.16 bits per heavy atom. The van der Waals surface area contributed by atoms with Crippen LogP contribution in [0.5, 0.6) is 0 Å². The van der Waals surface area contributed by atoms with Gasteiger partial charge < -0.3 is 76.1 Å². The van der Waals surface area contributed by atoms with Crippen LogP contribution in [-0.2, 0) is 60.0 Å². The summed E-state index contributed by atoms with van der Waals surface area (Å²) in [6.07, 6.45) is 0.563. The number of aliphatic carboxylic acids is 4. The second kappa shape index (κ2) is 36.6. The van der Waals surface area contributed by atoms with E-state index < -0.39 is 112 Å².